The maximum Gasteiger partial charge on any atom is 0.509 e. The van der Waals surface area contributed by atoms with Crippen molar-refractivity contribution in [3.63, 3.8) is 0 Å². The van der Waals surface area contributed by atoms with Crippen LogP contribution in [0.5, 0.6) is 0 Å². The first-order valence-electron chi connectivity index (χ1n) is 12.9. The molecule has 196 valence electrons. The predicted octanol–water partition coefficient (Wildman–Crippen LogP) is 5.29. The van der Waals surface area contributed by atoms with Crippen LogP contribution >= 0.6 is 0 Å². The number of Topliss-reactive ketones (excluding diaryl/α,β-unsaturated/α-hetero) is 3. The van der Waals surface area contributed by atoms with Crippen molar-refractivity contribution in [2.75, 3.05) is 6.61 Å². The van der Waals surface area contributed by atoms with Crippen molar-refractivity contribution in [2.24, 2.45) is 17.8 Å². The fourth-order valence-corrected chi connectivity index (χ4v) is 5.29. The Hall–Kier alpha value is -3.38. The third-order valence-corrected chi connectivity index (χ3v) is 7.43. The third kappa shape index (κ3) is 7.56. The van der Waals surface area contributed by atoms with Gasteiger partial charge in [-0.1, -0.05) is 19.6 Å². The van der Waals surface area contributed by atoms with Crippen LogP contribution in [0, 0.1) is 41.4 Å². The Morgan fingerprint density at radius 3 is 2.00 bits per heavy atom. The van der Waals surface area contributed by atoms with Crippen LogP contribution in [0.1, 0.15) is 87.2 Å². The van der Waals surface area contributed by atoms with Crippen molar-refractivity contribution in [1.82, 2.24) is 0 Å². The minimum absolute atomic E-state index is 0. The number of ketones is 3. The first-order chi connectivity index (χ1) is 17.4. The molecule has 2 saturated carbocycles. The molecular formula is C31H36O6. The van der Waals surface area contributed by atoms with E-state index in [4.69, 9.17) is 9.47 Å². The summed E-state index contributed by atoms with van der Waals surface area (Å²) in [5.74, 6) is 13.6. The highest BCUT2D eigenvalue weighted by molar-refractivity contribution is 6.12. The molecule has 0 amide bonds. The molecule has 1 aromatic carbocycles. The number of aryl methyl sites for hydroxylation is 2. The number of carbonyl (C=O) groups excluding carboxylic acids is 4. The molecule has 6 nitrogen and oxygen atoms in total. The first-order valence-corrected chi connectivity index (χ1v) is 12.9. The fourth-order valence-electron chi connectivity index (χ4n) is 5.29. The van der Waals surface area contributed by atoms with Crippen LogP contribution in [-0.4, -0.2) is 36.2 Å². The summed E-state index contributed by atoms with van der Waals surface area (Å²) in [6.07, 6.45) is 5.94. The Morgan fingerprint density at radius 1 is 0.838 bits per heavy atom. The van der Waals surface area contributed by atoms with Crippen LogP contribution in [0.4, 0.5) is 4.79 Å². The van der Waals surface area contributed by atoms with E-state index in [2.05, 4.69) is 29.7 Å². The minimum Gasteiger partial charge on any atom is -0.434 e. The number of hydrogen-bond donors (Lipinski definition) is 0. The van der Waals surface area contributed by atoms with Gasteiger partial charge in [-0.15, -0.1) is 23.7 Å². The summed E-state index contributed by atoms with van der Waals surface area (Å²) >= 11 is 0. The molecule has 1 aromatic rings. The number of carbonyl (C=O) groups is 4. The molecule has 0 saturated heterocycles. The monoisotopic (exact) mass is 504 g/mol. The minimum atomic E-state index is -1.24. The van der Waals surface area contributed by atoms with Crippen molar-refractivity contribution in [2.45, 2.75) is 84.7 Å². The second kappa shape index (κ2) is 13.2. The van der Waals surface area contributed by atoms with Gasteiger partial charge in [-0.05, 0) is 67.6 Å². The van der Waals surface area contributed by atoms with Gasteiger partial charge in [-0.3, -0.25) is 14.4 Å². The Bertz CT molecular complexity index is 1120. The van der Waals surface area contributed by atoms with E-state index in [0.29, 0.717) is 24.4 Å². The van der Waals surface area contributed by atoms with Crippen molar-refractivity contribution < 1.29 is 28.7 Å². The van der Waals surface area contributed by atoms with E-state index in [1.54, 1.807) is 6.92 Å². The molecule has 0 N–H and O–H groups in total. The molecule has 2 unspecified atom stereocenters. The van der Waals surface area contributed by atoms with E-state index in [1.807, 2.05) is 12.1 Å². The smallest absolute Gasteiger partial charge is 0.434 e. The molecule has 37 heavy (non-hydrogen) atoms. The Labute approximate surface area is 219 Å². The van der Waals surface area contributed by atoms with Crippen molar-refractivity contribution >= 4 is 23.5 Å². The SMILES string of the molecule is C.CC(=O)c1ccc2c(c1)CCC#CCC2.O=C(OCC1C2CCC#CCCC21)OC1C(=O)CCC1=O. The van der Waals surface area contributed by atoms with E-state index in [-0.39, 0.29) is 37.6 Å². The quantitative estimate of drug-likeness (QED) is 0.240. The zero-order chi connectivity index (χ0) is 25.5. The Kier molecular flexibility index (Phi) is 10.1. The summed E-state index contributed by atoms with van der Waals surface area (Å²) in [5.41, 5.74) is 3.48. The average molecular weight is 505 g/mol. The number of rotatable bonds is 4. The van der Waals surface area contributed by atoms with Gasteiger partial charge in [0.05, 0.1) is 6.61 Å². The number of ether oxygens (including phenoxy) is 2. The summed E-state index contributed by atoms with van der Waals surface area (Å²) < 4.78 is 9.92. The lowest BCUT2D eigenvalue weighted by Gasteiger charge is -2.10. The van der Waals surface area contributed by atoms with Gasteiger partial charge in [0.25, 0.3) is 0 Å². The van der Waals surface area contributed by atoms with E-state index < -0.39 is 12.3 Å². The molecule has 2 atom stereocenters. The summed E-state index contributed by atoms with van der Waals surface area (Å²) in [7, 11) is 0. The van der Waals surface area contributed by atoms with Crippen molar-refractivity contribution in [1.29, 1.82) is 0 Å². The van der Waals surface area contributed by atoms with Gasteiger partial charge >= 0.3 is 6.16 Å². The first kappa shape index (κ1) is 28.2. The Morgan fingerprint density at radius 2 is 1.41 bits per heavy atom. The van der Waals surface area contributed by atoms with E-state index in [9.17, 15) is 19.2 Å². The van der Waals surface area contributed by atoms with Crippen LogP contribution in [0.25, 0.3) is 0 Å². The molecule has 0 aliphatic heterocycles. The molecule has 0 aromatic heterocycles. The van der Waals surface area contributed by atoms with Gasteiger partial charge in [0.15, 0.2) is 17.3 Å². The number of hydrogen-bond acceptors (Lipinski definition) is 6. The zero-order valence-corrected chi connectivity index (χ0v) is 20.8. The van der Waals surface area contributed by atoms with Gasteiger partial charge in [0, 0.05) is 44.1 Å². The fraction of sp³-hybridized carbons (Fsp3) is 0.548. The van der Waals surface area contributed by atoms with E-state index in [1.165, 1.54) is 11.1 Å². The molecule has 0 spiro atoms. The number of benzene rings is 1. The second-order valence-electron chi connectivity index (χ2n) is 9.81. The van der Waals surface area contributed by atoms with E-state index in [0.717, 1.165) is 56.9 Å². The van der Waals surface area contributed by atoms with Gasteiger partial charge in [-0.25, -0.2) is 4.79 Å². The van der Waals surface area contributed by atoms with Crippen molar-refractivity contribution in [3.05, 3.63) is 34.9 Å². The van der Waals surface area contributed by atoms with Gasteiger partial charge in [0.2, 0.25) is 6.10 Å². The molecule has 0 bridgehead atoms. The summed E-state index contributed by atoms with van der Waals surface area (Å²) in [5, 5.41) is 0. The molecule has 0 radical (unpaired) electrons. The molecule has 6 heteroatoms. The Balaban J connectivity index is 0.000000211. The van der Waals surface area contributed by atoms with Crippen LogP contribution < -0.4 is 0 Å². The third-order valence-electron chi connectivity index (χ3n) is 7.43. The van der Waals surface area contributed by atoms with E-state index >= 15 is 0 Å². The summed E-state index contributed by atoms with van der Waals surface area (Å²) in [6.45, 7) is 1.92. The predicted molar refractivity (Wildman–Crippen MR) is 140 cm³/mol. The lowest BCUT2D eigenvalue weighted by Crippen LogP contribution is -2.29. The highest BCUT2D eigenvalue weighted by Crippen LogP contribution is 2.52. The molecule has 0 heterocycles. The molecule has 4 aliphatic carbocycles. The maximum absolute atomic E-state index is 11.6. The maximum atomic E-state index is 11.6. The summed E-state index contributed by atoms with van der Waals surface area (Å²) in [6, 6.07) is 6.04. The second-order valence-corrected chi connectivity index (χ2v) is 9.81. The van der Waals surface area contributed by atoms with Gasteiger partial charge in [0.1, 0.15) is 0 Å². The lowest BCUT2D eigenvalue weighted by molar-refractivity contribution is -0.134. The zero-order valence-electron chi connectivity index (χ0n) is 20.8. The molecule has 2 fully saturated rings. The lowest BCUT2D eigenvalue weighted by atomic mass is 9.94. The average Bonchev–Trinajstić information content (AvgIpc) is 3.37. The normalized spacial score (nSPS) is 23.6. The van der Waals surface area contributed by atoms with Gasteiger partial charge in [-0.2, -0.15) is 0 Å². The standard InChI is InChI=1S/C16H18O5.C14H14O.CH4/c17-13-7-8-14(18)15(13)21-16(19)20-9-12-10-5-3-1-2-4-6-11(10)12;1-11(15)13-9-8-12-6-4-2-3-5-7-14(12)10-13;/h10-12,15H,3-9H2;8-10H,4-7H2,1H3;1H4. The highest BCUT2D eigenvalue weighted by Gasteiger charge is 2.49. The molecule has 4 aliphatic rings. The molecular weight excluding hydrogens is 468 g/mol. The number of fused-ring (bicyclic) bond motifs is 2. The topological polar surface area (TPSA) is 86.7 Å². The van der Waals surface area contributed by atoms with Crippen LogP contribution in [0.15, 0.2) is 18.2 Å². The largest absolute Gasteiger partial charge is 0.509 e. The van der Waals surface area contributed by atoms with Crippen LogP contribution in [0.2, 0.25) is 0 Å². The molecule has 5 rings (SSSR count). The van der Waals surface area contributed by atoms with Crippen LogP contribution in [-0.2, 0) is 31.9 Å². The van der Waals surface area contributed by atoms with Gasteiger partial charge < -0.3 is 9.47 Å². The van der Waals surface area contributed by atoms with Crippen molar-refractivity contribution in [3.8, 4) is 23.7 Å². The summed E-state index contributed by atoms with van der Waals surface area (Å²) in [4.78, 5) is 45.6. The highest BCUT2D eigenvalue weighted by atomic mass is 16.7. The van der Waals surface area contributed by atoms with Crippen LogP contribution in [0.3, 0.4) is 0 Å².